The zero-order valence-electron chi connectivity index (χ0n) is 18.4. The number of nitrogens with zero attached hydrogens (tertiary/aromatic N) is 2. The van der Waals surface area contributed by atoms with Gasteiger partial charge in [0.2, 0.25) is 5.06 Å². The molecule has 3 aromatic rings. The smallest absolute Gasteiger partial charge is 0.418 e. The summed E-state index contributed by atoms with van der Waals surface area (Å²) < 4.78 is 79.5. The van der Waals surface area contributed by atoms with Crippen LogP contribution < -0.4 is 21.5 Å². The Kier molecular flexibility index (Phi) is 8.37. The minimum Gasteiger partial charge on any atom is -0.478 e. The molecule has 1 saturated carbocycles. The molecule has 2 aromatic heterocycles. The number of pyridine rings is 1. The van der Waals surface area contributed by atoms with Crippen molar-refractivity contribution in [3.05, 3.63) is 53.4 Å². The van der Waals surface area contributed by atoms with E-state index in [0.29, 0.717) is 12.5 Å². The number of alkyl halides is 3. The highest BCUT2D eigenvalue weighted by Crippen LogP contribution is 2.40. The van der Waals surface area contributed by atoms with Crippen molar-refractivity contribution in [1.29, 1.82) is 0 Å². The van der Waals surface area contributed by atoms with E-state index in [2.05, 4.69) is 14.7 Å². The molecule has 14 heteroatoms. The van der Waals surface area contributed by atoms with Gasteiger partial charge in [-0.25, -0.2) is 13.8 Å². The van der Waals surface area contributed by atoms with E-state index < -0.39 is 51.9 Å². The van der Waals surface area contributed by atoms with Gasteiger partial charge in [-0.3, -0.25) is 4.79 Å². The van der Waals surface area contributed by atoms with Crippen LogP contribution in [0, 0.1) is 11.6 Å². The zero-order valence-corrected chi connectivity index (χ0v) is 20.1. The van der Waals surface area contributed by atoms with Crippen LogP contribution in [0.1, 0.15) is 41.7 Å². The minimum atomic E-state index is -5.04. The third kappa shape index (κ3) is 5.85. The molecule has 1 fully saturated rings. The van der Waals surface area contributed by atoms with Gasteiger partial charge in [0, 0.05) is 17.6 Å². The monoisotopic (exact) mass is 549 g/mol. The second-order valence-electron chi connectivity index (χ2n) is 8.06. The van der Waals surface area contributed by atoms with Crippen LogP contribution in [0.25, 0.3) is 11.3 Å². The fourth-order valence-electron chi connectivity index (χ4n) is 3.86. The van der Waals surface area contributed by atoms with Crippen LogP contribution in [-0.4, -0.2) is 27.4 Å². The van der Waals surface area contributed by atoms with Gasteiger partial charge < -0.3 is 21.5 Å². The third-order valence-electron chi connectivity index (χ3n) is 5.50. The first-order chi connectivity index (χ1) is 16.5. The topological polar surface area (TPSA) is 116 Å². The van der Waals surface area contributed by atoms with E-state index in [1.54, 1.807) is 0 Å². The lowest BCUT2D eigenvalue weighted by Gasteiger charge is -2.26. The summed E-state index contributed by atoms with van der Waals surface area (Å²) in [6.07, 6.45) is -0.763. The maximum absolute atomic E-state index is 14.3. The molecular formula is C22H21ClF5N5O2S. The Bertz CT molecular complexity index is 1240. The number of ether oxygens (including phenoxy) is 1. The van der Waals surface area contributed by atoms with E-state index in [4.69, 9.17) is 16.2 Å². The predicted molar refractivity (Wildman–Crippen MR) is 127 cm³/mol. The molecule has 1 aromatic carbocycles. The molecule has 2 unspecified atom stereocenters. The number of nitrogens with two attached hydrogens (primary N) is 2. The Morgan fingerprint density at radius 3 is 2.53 bits per heavy atom. The first-order valence-corrected chi connectivity index (χ1v) is 11.3. The molecule has 36 heavy (non-hydrogen) atoms. The van der Waals surface area contributed by atoms with Gasteiger partial charge in [0.25, 0.3) is 5.91 Å². The maximum atomic E-state index is 14.3. The molecule has 0 aliphatic heterocycles. The van der Waals surface area contributed by atoms with Crippen LogP contribution in [0.15, 0.2) is 30.5 Å². The summed E-state index contributed by atoms with van der Waals surface area (Å²) in [6.45, 7) is 0. The van der Waals surface area contributed by atoms with Gasteiger partial charge >= 0.3 is 6.18 Å². The van der Waals surface area contributed by atoms with Gasteiger partial charge in [0.15, 0.2) is 5.69 Å². The van der Waals surface area contributed by atoms with Crippen molar-refractivity contribution >= 4 is 41.2 Å². The molecule has 2 atom stereocenters. The summed E-state index contributed by atoms with van der Waals surface area (Å²) in [5.41, 5.74) is 6.96. The number of amides is 1. The van der Waals surface area contributed by atoms with E-state index in [1.165, 1.54) is 6.20 Å². The Morgan fingerprint density at radius 2 is 1.89 bits per heavy atom. The number of halogens is 6. The lowest BCUT2D eigenvalue weighted by Crippen LogP contribution is -2.33. The van der Waals surface area contributed by atoms with Gasteiger partial charge in [0.05, 0.1) is 28.7 Å². The Labute approximate surface area is 212 Å². The molecular weight excluding hydrogens is 529 g/mol. The van der Waals surface area contributed by atoms with E-state index in [1.807, 2.05) is 0 Å². The van der Waals surface area contributed by atoms with Crippen molar-refractivity contribution in [3.8, 4) is 16.3 Å². The number of aromatic nitrogens is 2. The average molecular weight is 550 g/mol. The molecule has 0 spiro atoms. The lowest BCUT2D eigenvalue weighted by atomic mass is 9.94. The molecule has 0 bridgehead atoms. The maximum Gasteiger partial charge on any atom is 0.418 e. The molecule has 2 heterocycles. The van der Waals surface area contributed by atoms with Gasteiger partial charge in [-0.15, -0.1) is 12.4 Å². The Hall–Kier alpha value is -3.03. The van der Waals surface area contributed by atoms with E-state index >= 15 is 0 Å². The van der Waals surface area contributed by atoms with Crippen LogP contribution in [0.3, 0.4) is 0 Å². The first-order valence-electron chi connectivity index (χ1n) is 10.5. The van der Waals surface area contributed by atoms with E-state index in [0.717, 1.165) is 49.0 Å². The van der Waals surface area contributed by atoms with Crippen molar-refractivity contribution in [2.75, 3.05) is 11.1 Å². The molecule has 0 saturated heterocycles. The summed E-state index contributed by atoms with van der Waals surface area (Å²) in [5, 5.41) is 2.74. The normalized spacial score (nSPS) is 17.8. The number of nitrogen functional groups attached to an aromatic ring is 1. The molecule has 1 aliphatic carbocycles. The Balaban J connectivity index is 0.00000361. The molecule has 1 amide bonds. The molecule has 7 nitrogen and oxygen atoms in total. The number of nitrogens with one attached hydrogen (secondary N) is 1. The van der Waals surface area contributed by atoms with Crippen molar-refractivity contribution in [1.82, 2.24) is 9.36 Å². The molecule has 0 radical (unpaired) electrons. The van der Waals surface area contributed by atoms with Crippen LogP contribution >= 0.6 is 23.9 Å². The van der Waals surface area contributed by atoms with Crippen LogP contribution in [0.5, 0.6) is 5.06 Å². The Morgan fingerprint density at radius 1 is 1.19 bits per heavy atom. The number of benzene rings is 1. The average Bonchev–Trinajstić information content (AvgIpc) is 3.19. The van der Waals surface area contributed by atoms with Crippen LogP contribution in [0.4, 0.5) is 33.3 Å². The van der Waals surface area contributed by atoms with E-state index in [9.17, 15) is 26.7 Å². The predicted octanol–water partition coefficient (Wildman–Crippen LogP) is 5.41. The van der Waals surface area contributed by atoms with Gasteiger partial charge in [-0.1, -0.05) is 6.07 Å². The first kappa shape index (κ1) is 27.6. The SMILES string of the molecule is Cl.Nc1cc(C(F)(F)F)c(-c2c(F)cccc2F)nc1C(=O)Nc1cnsc1OC1CCCC(N)C1. The van der Waals surface area contributed by atoms with Gasteiger partial charge in [-0.2, -0.15) is 17.5 Å². The third-order valence-corrected chi connectivity index (χ3v) is 6.19. The largest absolute Gasteiger partial charge is 0.478 e. The lowest BCUT2D eigenvalue weighted by molar-refractivity contribution is -0.137. The molecule has 4 rings (SSSR count). The van der Waals surface area contributed by atoms with Gasteiger partial charge in [-0.05, 0) is 43.9 Å². The number of anilines is 2. The van der Waals surface area contributed by atoms with Gasteiger partial charge in [0.1, 0.15) is 23.4 Å². The minimum absolute atomic E-state index is 0. The highest BCUT2D eigenvalue weighted by molar-refractivity contribution is 7.08. The van der Waals surface area contributed by atoms with Crippen molar-refractivity contribution < 1.29 is 31.5 Å². The highest BCUT2D eigenvalue weighted by atomic mass is 35.5. The van der Waals surface area contributed by atoms with Crippen LogP contribution in [0.2, 0.25) is 0 Å². The van der Waals surface area contributed by atoms with Crippen molar-refractivity contribution in [3.63, 3.8) is 0 Å². The number of carbonyl (C=O) groups excluding carboxylic acids is 1. The highest BCUT2D eigenvalue weighted by Gasteiger charge is 2.37. The summed E-state index contributed by atoms with van der Waals surface area (Å²) in [7, 11) is 0. The summed E-state index contributed by atoms with van der Waals surface area (Å²) >= 11 is 0.968. The molecule has 1 aliphatic rings. The number of carbonyl (C=O) groups is 1. The summed E-state index contributed by atoms with van der Waals surface area (Å²) in [6, 6.07) is 2.99. The number of hydrogen-bond acceptors (Lipinski definition) is 7. The van der Waals surface area contributed by atoms with Crippen molar-refractivity contribution in [2.45, 2.75) is 44.0 Å². The molecule has 5 N–H and O–H groups in total. The van der Waals surface area contributed by atoms with E-state index in [-0.39, 0.29) is 35.3 Å². The second kappa shape index (κ2) is 10.9. The quantitative estimate of drug-likeness (QED) is 0.367. The fourth-order valence-corrected chi connectivity index (χ4v) is 4.49. The standard InChI is InChI=1S/C22H20F5N5O2S.ClH/c23-13-5-2-6-14(24)17(13)18-12(22(25,26)27)8-15(29)19(32-18)20(33)31-16-9-30-35-21(16)34-11-4-1-3-10(28)7-11;/h2,5-6,8-11H,1,3-4,7,28-29H2,(H,31,33);1H. The number of rotatable bonds is 5. The zero-order chi connectivity index (χ0) is 25.3. The number of hydrogen-bond donors (Lipinski definition) is 3. The fraction of sp³-hybridized carbons (Fsp3) is 0.318. The summed E-state index contributed by atoms with van der Waals surface area (Å²) in [4.78, 5) is 16.6. The molecule has 194 valence electrons. The summed E-state index contributed by atoms with van der Waals surface area (Å²) in [5.74, 6) is -3.55. The van der Waals surface area contributed by atoms with Crippen molar-refractivity contribution in [2.24, 2.45) is 5.73 Å². The van der Waals surface area contributed by atoms with Crippen LogP contribution in [-0.2, 0) is 6.18 Å². The second-order valence-corrected chi connectivity index (χ2v) is 8.83.